The van der Waals surface area contributed by atoms with Crippen molar-refractivity contribution >= 4 is 10.1 Å². The summed E-state index contributed by atoms with van der Waals surface area (Å²) in [7, 11) is -4.24. The highest BCUT2D eigenvalue weighted by molar-refractivity contribution is 7.85. The second-order valence-corrected chi connectivity index (χ2v) is 8.81. The first kappa shape index (κ1) is 23.2. The predicted octanol–water partition coefficient (Wildman–Crippen LogP) is 6.50. The number of para-hydroxylation sites is 1. The SMILES string of the molecule is CCCCCCCCCCCc1cccc(Oc2ccc(S(=O)(=O)O)cc2)c1O. The molecule has 0 saturated heterocycles. The van der Waals surface area contributed by atoms with E-state index in [1.165, 1.54) is 69.2 Å². The lowest BCUT2D eigenvalue weighted by Crippen LogP contribution is -1.97. The highest BCUT2D eigenvalue weighted by Crippen LogP contribution is 2.34. The zero-order chi connectivity index (χ0) is 21.1. The second-order valence-electron chi connectivity index (χ2n) is 7.39. The van der Waals surface area contributed by atoms with Crippen LogP contribution in [0.5, 0.6) is 17.2 Å². The van der Waals surface area contributed by atoms with E-state index in [1.807, 2.05) is 12.1 Å². The standard InChI is InChI=1S/C23H32O5S/c1-2-3-4-5-6-7-8-9-10-12-19-13-11-14-22(23(19)24)28-20-15-17-21(18-16-20)29(25,26)27/h11,13-18,24H,2-10,12H2,1H3,(H,25,26,27). The molecule has 2 aromatic rings. The van der Waals surface area contributed by atoms with Crippen molar-refractivity contribution in [2.45, 2.75) is 76.0 Å². The van der Waals surface area contributed by atoms with E-state index in [0.29, 0.717) is 11.5 Å². The van der Waals surface area contributed by atoms with Crippen LogP contribution in [0.1, 0.15) is 70.3 Å². The third-order valence-corrected chi connectivity index (χ3v) is 5.85. The monoisotopic (exact) mass is 420 g/mol. The Morgan fingerprint density at radius 1 is 0.828 bits per heavy atom. The van der Waals surface area contributed by atoms with Gasteiger partial charge in [0, 0.05) is 0 Å². The van der Waals surface area contributed by atoms with Crippen LogP contribution < -0.4 is 4.74 Å². The number of aryl methyl sites for hydroxylation is 1. The molecule has 0 spiro atoms. The summed E-state index contributed by atoms with van der Waals surface area (Å²) in [6.45, 7) is 2.23. The zero-order valence-electron chi connectivity index (χ0n) is 17.1. The van der Waals surface area contributed by atoms with Gasteiger partial charge in [0.05, 0.1) is 4.90 Å². The Morgan fingerprint density at radius 3 is 2.00 bits per heavy atom. The topological polar surface area (TPSA) is 83.8 Å². The molecule has 5 nitrogen and oxygen atoms in total. The third kappa shape index (κ3) is 8.07. The Labute approximate surface area is 174 Å². The third-order valence-electron chi connectivity index (χ3n) is 4.98. The van der Waals surface area contributed by atoms with Gasteiger partial charge in [0.15, 0.2) is 11.5 Å². The fraction of sp³-hybridized carbons (Fsp3) is 0.478. The average molecular weight is 421 g/mol. The van der Waals surface area contributed by atoms with Crippen molar-refractivity contribution in [2.75, 3.05) is 0 Å². The molecule has 2 aromatic carbocycles. The molecule has 0 aliphatic heterocycles. The zero-order valence-corrected chi connectivity index (χ0v) is 18.0. The molecule has 2 N–H and O–H groups in total. The largest absolute Gasteiger partial charge is 0.504 e. The van der Waals surface area contributed by atoms with Gasteiger partial charge in [0.2, 0.25) is 0 Å². The quantitative estimate of drug-likeness (QED) is 0.285. The van der Waals surface area contributed by atoms with Gasteiger partial charge in [0.1, 0.15) is 5.75 Å². The number of aromatic hydroxyl groups is 1. The van der Waals surface area contributed by atoms with E-state index >= 15 is 0 Å². The minimum atomic E-state index is -4.24. The molecule has 0 aliphatic rings. The highest BCUT2D eigenvalue weighted by Gasteiger charge is 2.11. The molecule has 0 amide bonds. The molecular weight excluding hydrogens is 388 g/mol. The van der Waals surface area contributed by atoms with Gasteiger partial charge in [-0.05, 0) is 48.7 Å². The Bertz CT molecular complexity index is 844. The van der Waals surface area contributed by atoms with Gasteiger partial charge in [-0.2, -0.15) is 8.42 Å². The normalized spacial score (nSPS) is 11.5. The maximum atomic E-state index is 11.1. The van der Waals surface area contributed by atoms with Gasteiger partial charge in [-0.1, -0.05) is 70.4 Å². The number of ether oxygens (including phenoxy) is 1. The molecule has 0 aromatic heterocycles. The van der Waals surface area contributed by atoms with Gasteiger partial charge in [0.25, 0.3) is 10.1 Å². The molecule has 0 aliphatic carbocycles. The average Bonchev–Trinajstić information content (AvgIpc) is 2.69. The van der Waals surface area contributed by atoms with Crippen LogP contribution in [0, 0.1) is 0 Å². The van der Waals surface area contributed by atoms with Crippen LogP contribution in [0.2, 0.25) is 0 Å². The molecule has 0 atom stereocenters. The number of unbranched alkanes of at least 4 members (excludes halogenated alkanes) is 8. The van der Waals surface area contributed by atoms with Gasteiger partial charge < -0.3 is 9.84 Å². The summed E-state index contributed by atoms with van der Waals surface area (Å²) in [6.07, 6.45) is 12.1. The van der Waals surface area contributed by atoms with Gasteiger partial charge >= 0.3 is 0 Å². The van der Waals surface area contributed by atoms with E-state index in [-0.39, 0.29) is 10.6 Å². The van der Waals surface area contributed by atoms with Gasteiger partial charge in [-0.25, -0.2) is 0 Å². The number of benzene rings is 2. The summed E-state index contributed by atoms with van der Waals surface area (Å²) in [5, 5.41) is 10.5. The van der Waals surface area contributed by atoms with E-state index in [9.17, 15) is 13.5 Å². The predicted molar refractivity (Wildman–Crippen MR) is 115 cm³/mol. The van der Waals surface area contributed by atoms with Crippen molar-refractivity contribution in [3.8, 4) is 17.2 Å². The summed E-state index contributed by atoms with van der Waals surface area (Å²) in [6, 6.07) is 10.8. The lowest BCUT2D eigenvalue weighted by atomic mass is 10.0. The van der Waals surface area contributed by atoms with Crippen LogP contribution in [-0.2, 0) is 16.5 Å². The lowest BCUT2D eigenvalue weighted by Gasteiger charge is -2.11. The van der Waals surface area contributed by atoms with Crippen LogP contribution in [0.25, 0.3) is 0 Å². The van der Waals surface area contributed by atoms with E-state index in [1.54, 1.807) is 6.07 Å². The summed E-state index contributed by atoms with van der Waals surface area (Å²) in [5.41, 5.74) is 0.847. The van der Waals surface area contributed by atoms with E-state index < -0.39 is 10.1 Å². The van der Waals surface area contributed by atoms with Crippen molar-refractivity contribution in [1.29, 1.82) is 0 Å². The molecule has 0 fully saturated rings. The first-order chi connectivity index (χ1) is 13.9. The second kappa shape index (κ2) is 11.8. The maximum absolute atomic E-state index is 11.1. The van der Waals surface area contributed by atoms with Gasteiger partial charge in [-0.3, -0.25) is 4.55 Å². The first-order valence-electron chi connectivity index (χ1n) is 10.5. The Morgan fingerprint density at radius 2 is 1.41 bits per heavy atom. The minimum absolute atomic E-state index is 0.117. The van der Waals surface area contributed by atoms with E-state index in [0.717, 1.165) is 24.8 Å². The number of rotatable bonds is 13. The van der Waals surface area contributed by atoms with Crippen LogP contribution >= 0.6 is 0 Å². The van der Waals surface area contributed by atoms with Crippen LogP contribution in [0.4, 0.5) is 0 Å². The summed E-state index contributed by atoms with van der Waals surface area (Å²) < 4.78 is 36.9. The summed E-state index contributed by atoms with van der Waals surface area (Å²) in [4.78, 5) is -0.201. The molecule has 0 heterocycles. The molecule has 0 saturated carbocycles. The van der Waals surface area contributed by atoms with Crippen molar-refractivity contribution in [3.05, 3.63) is 48.0 Å². The lowest BCUT2D eigenvalue weighted by molar-refractivity contribution is 0.405. The number of hydrogen-bond acceptors (Lipinski definition) is 4. The molecule has 0 unspecified atom stereocenters. The Kier molecular flexibility index (Phi) is 9.48. The number of hydrogen-bond donors (Lipinski definition) is 2. The van der Waals surface area contributed by atoms with Gasteiger partial charge in [-0.15, -0.1) is 0 Å². The van der Waals surface area contributed by atoms with Crippen molar-refractivity contribution in [2.24, 2.45) is 0 Å². The smallest absolute Gasteiger partial charge is 0.294 e. The highest BCUT2D eigenvalue weighted by atomic mass is 32.2. The molecule has 6 heteroatoms. The van der Waals surface area contributed by atoms with Crippen LogP contribution in [0.3, 0.4) is 0 Å². The minimum Gasteiger partial charge on any atom is -0.504 e. The molecule has 0 bridgehead atoms. The fourth-order valence-electron chi connectivity index (χ4n) is 3.28. The van der Waals surface area contributed by atoms with E-state index in [2.05, 4.69) is 6.92 Å². The molecule has 29 heavy (non-hydrogen) atoms. The van der Waals surface area contributed by atoms with Crippen molar-refractivity contribution < 1.29 is 22.8 Å². The first-order valence-corrected chi connectivity index (χ1v) is 11.9. The Balaban J connectivity index is 1.81. The molecule has 2 rings (SSSR count). The molecular formula is C23H32O5S. The van der Waals surface area contributed by atoms with Crippen LogP contribution in [-0.4, -0.2) is 18.1 Å². The Hall–Kier alpha value is -2.05. The summed E-state index contributed by atoms with van der Waals surface area (Å²) in [5.74, 6) is 0.830. The maximum Gasteiger partial charge on any atom is 0.294 e. The van der Waals surface area contributed by atoms with E-state index in [4.69, 9.17) is 9.29 Å². The fourth-order valence-corrected chi connectivity index (χ4v) is 3.76. The molecule has 160 valence electrons. The molecule has 0 radical (unpaired) electrons. The van der Waals surface area contributed by atoms with Crippen molar-refractivity contribution in [3.63, 3.8) is 0 Å². The van der Waals surface area contributed by atoms with Crippen molar-refractivity contribution in [1.82, 2.24) is 0 Å². The van der Waals surface area contributed by atoms with Crippen LogP contribution in [0.15, 0.2) is 47.4 Å². The number of phenols is 1. The number of phenolic OH excluding ortho intramolecular Hbond substituents is 1. The summed E-state index contributed by atoms with van der Waals surface area (Å²) >= 11 is 0.